The Kier molecular flexibility index (Phi) is 51.4. The second kappa shape index (κ2) is 15.7. The summed E-state index contributed by atoms with van der Waals surface area (Å²) in [5.74, 6) is 0. The molecule has 0 saturated carbocycles. The quantitative estimate of drug-likeness (QED) is 0.306. The molecular formula is HLiNa2O3Si. The van der Waals surface area contributed by atoms with E-state index in [-0.39, 0.29) is 78.0 Å². The van der Waals surface area contributed by atoms with Crippen molar-refractivity contribution in [2.75, 3.05) is 0 Å². The Morgan fingerprint density at radius 2 is 1.14 bits per heavy atom. The number of rotatable bonds is 0. The average Bonchev–Trinajstić information content (AvgIpc) is 0.811. The van der Waals surface area contributed by atoms with Crippen LogP contribution in [0.15, 0.2) is 0 Å². The zero-order chi connectivity index (χ0) is 3.58. The van der Waals surface area contributed by atoms with Crippen LogP contribution in [0.1, 0.15) is 0 Å². The second-order valence-corrected chi connectivity index (χ2v) is 0.750. The first-order valence-electron chi connectivity index (χ1n) is 0.612. The molecule has 0 N–H and O–H groups in total. The van der Waals surface area contributed by atoms with Crippen molar-refractivity contribution in [3.63, 3.8) is 0 Å². The van der Waals surface area contributed by atoms with Gasteiger partial charge in [0.15, 0.2) is 0 Å². The van der Waals surface area contributed by atoms with E-state index < -0.39 is 9.17 Å². The van der Waals surface area contributed by atoms with Crippen LogP contribution in [0.5, 0.6) is 0 Å². The zero-order valence-electron chi connectivity index (χ0n) is 3.72. The van der Waals surface area contributed by atoms with Crippen LogP contribution < -0.4 is 68.7 Å². The van der Waals surface area contributed by atoms with Crippen LogP contribution in [0.3, 0.4) is 0 Å². The molecule has 7 heavy (non-hydrogen) atoms. The minimum absolute atomic E-state index is 0. The molecule has 0 aliphatic carbocycles. The first-order valence-corrected chi connectivity index (χ1v) is 1.84. The van der Waals surface area contributed by atoms with E-state index in [1.807, 2.05) is 0 Å². The van der Waals surface area contributed by atoms with E-state index in [4.69, 9.17) is 14.1 Å². The molecule has 0 aliphatic rings. The minimum atomic E-state index is -3.63. The number of hydrogen-bond acceptors (Lipinski definition) is 3. The molecule has 0 rings (SSSR count). The van der Waals surface area contributed by atoms with Crippen LogP contribution in [-0.4, -0.2) is 28.0 Å². The van der Waals surface area contributed by atoms with Gasteiger partial charge in [-0.1, -0.05) is 0 Å². The maximum Gasteiger partial charge on any atom is 1.00 e. The maximum atomic E-state index is 8.52. The van der Waals surface area contributed by atoms with E-state index in [1.54, 1.807) is 0 Å². The van der Waals surface area contributed by atoms with Crippen molar-refractivity contribution in [3.05, 3.63) is 0 Å². The van der Waals surface area contributed by atoms with Gasteiger partial charge in [-0.3, -0.25) is 0 Å². The van der Waals surface area contributed by atoms with Gasteiger partial charge >= 0.3 is 78.0 Å². The van der Waals surface area contributed by atoms with Crippen molar-refractivity contribution >= 4 is 28.0 Å². The van der Waals surface area contributed by atoms with Gasteiger partial charge in [-0.2, -0.15) is 0 Å². The first kappa shape index (κ1) is 22.9. The van der Waals surface area contributed by atoms with E-state index in [0.717, 1.165) is 0 Å². The fraction of sp³-hybridized carbons (Fsp3) is 0. The normalized spacial score (nSPS) is 3.43. The Morgan fingerprint density at radius 3 is 1.14 bits per heavy atom. The molecule has 0 amide bonds. The zero-order valence-corrected chi connectivity index (χ0v) is 8.72. The Morgan fingerprint density at radius 1 is 1.14 bits per heavy atom. The van der Waals surface area contributed by atoms with Crippen LogP contribution in [-0.2, 0) is 4.46 Å². The summed E-state index contributed by atoms with van der Waals surface area (Å²) in [6.07, 6.45) is 0. The third-order valence-electron chi connectivity index (χ3n) is 0. The van der Waals surface area contributed by atoms with E-state index in [0.29, 0.717) is 0 Å². The van der Waals surface area contributed by atoms with Gasteiger partial charge in [0, 0.05) is 9.17 Å². The van der Waals surface area contributed by atoms with Crippen molar-refractivity contribution in [1.82, 2.24) is 0 Å². The molecular weight excluding hydrogens is 129 g/mol. The molecule has 0 unspecified atom stereocenters. The topological polar surface area (TPSA) is 63.2 Å². The Balaban J connectivity index is -0.0000000150. The van der Waals surface area contributed by atoms with Gasteiger partial charge in [-0.15, -0.1) is 0 Å². The van der Waals surface area contributed by atoms with Gasteiger partial charge < -0.3 is 14.1 Å². The fourth-order valence-electron chi connectivity index (χ4n) is 0. The molecule has 0 atom stereocenters. The van der Waals surface area contributed by atoms with Crippen molar-refractivity contribution in [1.29, 1.82) is 0 Å². The Hall–Kier alpha value is 2.21. The summed E-state index contributed by atoms with van der Waals surface area (Å²) >= 11 is 0. The summed E-state index contributed by atoms with van der Waals surface area (Å²) in [6, 6.07) is 0. The summed E-state index contributed by atoms with van der Waals surface area (Å²) in [4.78, 5) is 17.0. The fourth-order valence-corrected chi connectivity index (χ4v) is 0. The van der Waals surface area contributed by atoms with Crippen molar-refractivity contribution < 1.29 is 73.2 Å². The van der Waals surface area contributed by atoms with Crippen LogP contribution >= 0.6 is 0 Å². The second-order valence-electron chi connectivity index (χ2n) is 0.250. The average molecular weight is 130 g/mol. The predicted molar refractivity (Wildman–Crippen MR) is 13.6 cm³/mol. The minimum Gasteiger partial charge on any atom is 1.00 e. The van der Waals surface area contributed by atoms with Gasteiger partial charge in [0.1, 0.15) is 0 Å². The molecule has 0 spiro atoms. The van der Waals surface area contributed by atoms with Gasteiger partial charge in [0.05, 0.1) is 0 Å². The monoisotopic (exact) mass is 130 g/mol. The first-order chi connectivity index (χ1) is 1.73. The van der Waals surface area contributed by atoms with Crippen LogP contribution in [0.25, 0.3) is 0 Å². The van der Waals surface area contributed by atoms with Gasteiger partial charge in [-0.05, 0) is 0 Å². The smallest absolute Gasteiger partial charge is 1.00 e. The predicted octanol–water partition coefficient (Wildman–Crippen LogP) is -9.52. The SMILES string of the molecule is O=[Si]([O-])[O-].[LiH].[Na+].[Na+]. The third kappa shape index (κ3) is 64.7. The molecule has 0 radical (unpaired) electrons. The molecule has 0 heterocycles. The van der Waals surface area contributed by atoms with Gasteiger partial charge in [-0.25, -0.2) is 0 Å². The summed E-state index contributed by atoms with van der Waals surface area (Å²) in [5, 5.41) is 0. The van der Waals surface area contributed by atoms with E-state index in [9.17, 15) is 0 Å². The van der Waals surface area contributed by atoms with Gasteiger partial charge in [0.2, 0.25) is 0 Å². The molecule has 3 nitrogen and oxygen atoms in total. The van der Waals surface area contributed by atoms with Crippen LogP contribution in [0, 0.1) is 0 Å². The molecule has 0 bridgehead atoms. The summed E-state index contributed by atoms with van der Waals surface area (Å²) in [6.45, 7) is 0. The van der Waals surface area contributed by atoms with Crippen LogP contribution in [0.4, 0.5) is 0 Å². The molecule has 26 valence electrons. The summed E-state index contributed by atoms with van der Waals surface area (Å²) < 4.78 is 8.52. The molecule has 0 fully saturated rings. The Bertz CT molecular complexity index is 35.9. The van der Waals surface area contributed by atoms with E-state index in [1.165, 1.54) is 0 Å². The van der Waals surface area contributed by atoms with E-state index in [2.05, 4.69) is 0 Å². The third-order valence-corrected chi connectivity index (χ3v) is 0. The van der Waals surface area contributed by atoms with Crippen molar-refractivity contribution in [2.24, 2.45) is 0 Å². The summed E-state index contributed by atoms with van der Waals surface area (Å²) in [5.41, 5.74) is 0. The molecule has 0 aromatic rings. The molecule has 0 aromatic heterocycles. The number of hydrogen-bond donors (Lipinski definition) is 0. The molecule has 0 aliphatic heterocycles. The standard InChI is InChI=1S/Li.2Na.O3Si.H/c;;;1-4(2)3;/q;2*+1;-2;. The molecule has 0 aromatic carbocycles. The van der Waals surface area contributed by atoms with Crippen molar-refractivity contribution in [2.45, 2.75) is 0 Å². The summed E-state index contributed by atoms with van der Waals surface area (Å²) in [7, 11) is -3.63. The molecule has 7 heteroatoms. The van der Waals surface area contributed by atoms with Crippen molar-refractivity contribution in [3.8, 4) is 0 Å². The van der Waals surface area contributed by atoms with Crippen LogP contribution in [0.2, 0.25) is 0 Å². The Labute approximate surface area is 99.5 Å². The maximum absolute atomic E-state index is 8.52. The van der Waals surface area contributed by atoms with Gasteiger partial charge in [0.25, 0.3) is 0 Å². The largest absolute Gasteiger partial charge is 1.00 e. The molecule has 0 saturated heterocycles. The van der Waals surface area contributed by atoms with E-state index >= 15 is 0 Å².